The number of hydrogen-bond donors (Lipinski definition) is 7. The first kappa shape index (κ1) is 23.6. The van der Waals surface area contributed by atoms with Crippen LogP contribution in [0.4, 0.5) is 0 Å². The van der Waals surface area contributed by atoms with Crippen molar-refractivity contribution in [2.24, 2.45) is 0 Å². The highest BCUT2D eigenvalue weighted by molar-refractivity contribution is 5.88. The largest absolute Gasteiger partial charge is 0.508 e. The molecule has 34 heavy (non-hydrogen) atoms. The van der Waals surface area contributed by atoms with E-state index in [2.05, 4.69) is 0 Å². The Morgan fingerprint density at radius 3 is 2.38 bits per heavy atom. The van der Waals surface area contributed by atoms with Gasteiger partial charge >= 0.3 is 0 Å². The van der Waals surface area contributed by atoms with Gasteiger partial charge in [-0.05, 0) is 18.2 Å². The molecule has 0 spiro atoms. The van der Waals surface area contributed by atoms with E-state index in [-0.39, 0.29) is 39.5 Å². The van der Waals surface area contributed by atoms with Crippen LogP contribution in [0.3, 0.4) is 0 Å². The molecule has 182 valence electrons. The summed E-state index contributed by atoms with van der Waals surface area (Å²) in [6.07, 6.45) is -8.29. The van der Waals surface area contributed by atoms with E-state index in [9.17, 15) is 40.5 Å². The Morgan fingerprint density at radius 1 is 0.971 bits per heavy atom. The molecule has 2 aromatic carbocycles. The third-order valence-electron chi connectivity index (χ3n) is 5.44. The third kappa shape index (κ3) is 3.97. The molecule has 2 heterocycles. The van der Waals surface area contributed by atoms with Gasteiger partial charge < -0.3 is 54.4 Å². The molecule has 0 amide bonds. The highest BCUT2D eigenvalue weighted by Crippen LogP contribution is 2.39. The fourth-order valence-corrected chi connectivity index (χ4v) is 3.67. The summed E-state index contributed by atoms with van der Waals surface area (Å²) in [6.45, 7) is -0.723. The Balaban J connectivity index is 1.92. The minimum Gasteiger partial charge on any atom is -0.508 e. The molecular weight excluding hydrogens is 456 g/mol. The van der Waals surface area contributed by atoms with Gasteiger partial charge in [0.2, 0.25) is 17.5 Å². The van der Waals surface area contributed by atoms with E-state index >= 15 is 0 Å². The number of ether oxygens (including phenoxy) is 3. The Labute approximate surface area is 191 Å². The SMILES string of the molecule is COc1cc(-c2oc3cc(O)cc(O)c3c(=O)c2O[C@H]2O[C@H](CO)[C@@H](O)[C@H](O)[C@@H]2O)ccc1O. The second-order valence-corrected chi connectivity index (χ2v) is 7.63. The first-order valence-electron chi connectivity index (χ1n) is 10.0. The van der Waals surface area contributed by atoms with Gasteiger partial charge in [-0.3, -0.25) is 4.79 Å². The highest BCUT2D eigenvalue weighted by atomic mass is 16.7. The lowest BCUT2D eigenvalue weighted by atomic mass is 9.99. The Morgan fingerprint density at radius 2 is 1.71 bits per heavy atom. The molecular formula is C22H22O12. The Bertz CT molecular complexity index is 1270. The molecule has 1 aromatic heterocycles. The molecule has 1 fully saturated rings. The Hall–Kier alpha value is -3.55. The van der Waals surface area contributed by atoms with E-state index < -0.39 is 54.2 Å². The first-order valence-corrected chi connectivity index (χ1v) is 10.0. The van der Waals surface area contributed by atoms with Crippen molar-refractivity contribution < 1.29 is 54.4 Å². The van der Waals surface area contributed by atoms with Gasteiger partial charge in [-0.15, -0.1) is 0 Å². The summed E-state index contributed by atoms with van der Waals surface area (Å²) in [5.74, 6) is -2.00. The number of benzene rings is 2. The maximum Gasteiger partial charge on any atom is 0.239 e. The van der Waals surface area contributed by atoms with E-state index in [1.54, 1.807) is 0 Å². The zero-order valence-electron chi connectivity index (χ0n) is 17.7. The summed E-state index contributed by atoms with van der Waals surface area (Å²) in [4.78, 5) is 13.3. The summed E-state index contributed by atoms with van der Waals surface area (Å²) in [5, 5.41) is 69.4. The second kappa shape index (κ2) is 9.00. The highest BCUT2D eigenvalue weighted by Gasteiger charge is 2.45. The van der Waals surface area contributed by atoms with Crippen LogP contribution in [-0.2, 0) is 4.74 Å². The van der Waals surface area contributed by atoms with Crippen LogP contribution < -0.4 is 14.9 Å². The van der Waals surface area contributed by atoms with Crippen LogP contribution >= 0.6 is 0 Å². The average molecular weight is 478 g/mol. The summed E-state index contributed by atoms with van der Waals surface area (Å²) in [7, 11) is 1.30. The lowest BCUT2D eigenvalue weighted by molar-refractivity contribution is -0.277. The lowest BCUT2D eigenvalue weighted by Crippen LogP contribution is -2.60. The van der Waals surface area contributed by atoms with E-state index in [0.717, 1.165) is 12.1 Å². The zero-order valence-corrected chi connectivity index (χ0v) is 17.7. The van der Waals surface area contributed by atoms with Crippen molar-refractivity contribution in [3.63, 3.8) is 0 Å². The molecule has 12 nitrogen and oxygen atoms in total. The number of hydrogen-bond acceptors (Lipinski definition) is 12. The van der Waals surface area contributed by atoms with Crippen LogP contribution in [-0.4, -0.2) is 80.2 Å². The van der Waals surface area contributed by atoms with Gasteiger partial charge in [-0.2, -0.15) is 0 Å². The molecule has 0 radical (unpaired) electrons. The fourth-order valence-electron chi connectivity index (χ4n) is 3.67. The quantitative estimate of drug-likeness (QED) is 0.254. The number of aliphatic hydroxyl groups is 4. The predicted molar refractivity (Wildman–Crippen MR) is 114 cm³/mol. The number of rotatable bonds is 5. The van der Waals surface area contributed by atoms with Gasteiger partial charge in [0.15, 0.2) is 17.3 Å². The molecule has 12 heteroatoms. The van der Waals surface area contributed by atoms with Gasteiger partial charge in [0.1, 0.15) is 46.9 Å². The topological polar surface area (TPSA) is 200 Å². The second-order valence-electron chi connectivity index (χ2n) is 7.63. The maximum atomic E-state index is 13.3. The molecule has 1 saturated heterocycles. The fraction of sp³-hybridized carbons (Fsp3) is 0.318. The summed E-state index contributed by atoms with van der Waals surface area (Å²) in [5.41, 5.74) is -0.959. The van der Waals surface area contributed by atoms with Crippen molar-refractivity contribution >= 4 is 11.0 Å². The van der Waals surface area contributed by atoms with Gasteiger partial charge in [-0.25, -0.2) is 0 Å². The molecule has 4 rings (SSSR count). The molecule has 0 unspecified atom stereocenters. The number of methoxy groups -OCH3 is 1. The minimum absolute atomic E-state index is 0.0257. The van der Waals surface area contributed by atoms with E-state index in [0.29, 0.717) is 0 Å². The summed E-state index contributed by atoms with van der Waals surface area (Å²) < 4.78 is 21.8. The van der Waals surface area contributed by atoms with E-state index in [4.69, 9.17) is 18.6 Å². The van der Waals surface area contributed by atoms with Crippen LogP contribution in [0.1, 0.15) is 0 Å². The maximum absolute atomic E-state index is 13.3. The predicted octanol–water partition coefficient (Wildman–Crippen LogP) is -0.236. The summed E-state index contributed by atoms with van der Waals surface area (Å²) >= 11 is 0. The van der Waals surface area contributed by atoms with E-state index in [1.807, 2.05) is 0 Å². The molecule has 1 aliphatic rings. The van der Waals surface area contributed by atoms with Crippen LogP contribution in [0.25, 0.3) is 22.3 Å². The van der Waals surface area contributed by atoms with E-state index in [1.165, 1.54) is 25.3 Å². The van der Waals surface area contributed by atoms with Crippen LogP contribution in [0.2, 0.25) is 0 Å². The van der Waals surface area contributed by atoms with Crippen LogP contribution in [0, 0.1) is 0 Å². The molecule has 0 aliphatic carbocycles. The number of aliphatic hydroxyl groups excluding tert-OH is 4. The van der Waals surface area contributed by atoms with Crippen molar-refractivity contribution in [3.05, 3.63) is 40.6 Å². The lowest BCUT2D eigenvalue weighted by Gasteiger charge is -2.39. The summed E-state index contributed by atoms with van der Waals surface area (Å²) in [6, 6.07) is 5.96. The smallest absolute Gasteiger partial charge is 0.239 e. The molecule has 3 aromatic rings. The van der Waals surface area contributed by atoms with Gasteiger partial charge in [-0.1, -0.05) is 0 Å². The van der Waals surface area contributed by atoms with Gasteiger partial charge in [0.25, 0.3) is 0 Å². The number of phenolic OH excluding ortho intramolecular Hbond substituents is 3. The molecule has 7 N–H and O–H groups in total. The standard InChI is InChI=1S/C22H22O12/c1-31-12-4-8(2-3-10(12)25)20-21(17(28)15-11(26)5-9(24)6-13(15)32-20)34-22-19(30)18(29)16(27)14(7-23)33-22/h2-6,14,16,18-19,22-27,29-30H,7H2,1H3/t14-,16-,18+,19+,22-/m1/s1. The zero-order chi connectivity index (χ0) is 24.7. The molecule has 1 aliphatic heterocycles. The normalized spacial score (nSPS) is 24.8. The average Bonchev–Trinajstić information content (AvgIpc) is 2.80. The monoisotopic (exact) mass is 478 g/mol. The number of fused-ring (bicyclic) bond motifs is 1. The van der Waals surface area contributed by atoms with Crippen molar-refractivity contribution in [3.8, 4) is 40.1 Å². The van der Waals surface area contributed by atoms with Gasteiger partial charge in [0.05, 0.1) is 13.7 Å². The third-order valence-corrected chi connectivity index (χ3v) is 5.44. The first-order chi connectivity index (χ1) is 16.2. The van der Waals surface area contributed by atoms with Crippen molar-refractivity contribution in [1.82, 2.24) is 0 Å². The Kier molecular flexibility index (Phi) is 6.25. The number of phenols is 3. The van der Waals surface area contributed by atoms with Gasteiger partial charge in [0, 0.05) is 17.7 Å². The minimum atomic E-state index is -1.83. The van der Waals surface area contributed by atoms with Crippen LogP contribution in [0.5, 0.6) is 28.7 Å². The molecule has 5 atom stereocenters. The van der Waals surface area contributed by atoms with Crippen molar-refractivity contribution in [2.45, 2.75) is 30.7 Å². The van der Waals surface area contributed by atoms with Crippen molar-refractivity contribution in [1.29, 1.82) is 0 Å². The molecule has 0 saturated carbocycles. The van der Waals surface area contributed by atoms with Crippen LogP contribution in [0.15, 0.2) is 39.5 Å². The number of aromatic hydroxyl groups is 3. The van der Waals surface area contributed by atoms with Crippen molar-refractivity contribution in [2.75, 3.05) is 13.7 Å². The molecule has 0 bridgehead atoms.